The lowest BCUT2D eigenvalue weighted by Gasteiger charge is -2.35. The molecule has 0 saturated heterocycles. The van der Waals surface area contributed by atoms with Crippen molar-refractivity contribution < 1.29 is 23.9 Å². The van der Waals surface area contributed by atoms with E-state index in [1.165, 1.54) is 4.90 Å². The highest BCUT2D eigenvalue weighted by Crippen LogP contribution is 2.38. The second kappa shape index (κ2) is 6.07. The quantitative estimate of drug-likeness (QED) is 0.814. The molecule has 0 aliphatic carbocycles. The lowest BCUT2D eigenvalue weighted by Crippen LogP contribution is -2.47. The van der Waals surface area contributed by atoms with Crippen LogP contribution in [-0.2, 0) is 9.31 Å². The van der Waals surface area contributed by atoms with Crippen LogP contribution < -0.4 is 10.2 Å². The van der Waals surface area contributed by atoms with Gasteiger partial charge in [-0.3, -0.25) is 0 Å². The fourth-order valence-corrected chi connectivity index (χ4v) is 3.46. The Morgan fingerprint density at radius 3 is 2.72 bits per heavy atom. The molecule has 0 fully saturated rings. The third kappa shape index (κ3) is 3.45. The Bertz CT molecular complexity index is 703. The number of halogens is 1. The first-order valence-electron chi connectivity index (χ1n) is 8.28. The Balaban J connectivity index is 2.00. The Kier molecular flexibility index (Phi) is 4.46. The van der Waals surface area contributed by atoms with E-state index in [0.717, 1.165) is 11.0 Å². The molecule has 0 radical (unpaired) electrons. The zero-order valence-corrected chi connectivity index (χ0v) is 15.9. The van der Waals surface area contributed by atoms with Gasteiger partial charge in [0.2, 0.25) is 0 Å². The second-order valence-corrected chi connectivity index (χ2v) is 8.47. The summed E-state index contributed by atoms with van der Waals surface area (Å²) in [6, 6.07) is 3.57. The molecule has 8 heteroatoms. The van der Waals surface area contributed by atoms with Crippen molar-refractivity contribution in [1.29, 1.82) is 0 Å². The molecule has 25 heavy (non-hydrogen) atoms. The third-order valence-corrected chi connectivity index (χ3v) is 4.76. The summed E-state index contributed by atoms with van der Waals surface area (Å²) in [5.41, 5.74) is 0.420. The van der Waals surface area contributed by atoms with Gasteiger partial charge in [0.15, 0.2) is 0 Å². The van der Waals surface area contributed by atoms with Gasteiger partial charge in [0.05, 0.1) is 18.2 Å². The maximum atomic E-state index is 11.7. The minimum absolute atomic E-state index is 0.162. The van der Waals surface area contributed by atoms with E-state index in [4.69, 9.17) is 25.6 Å². The van der Waals surface area contributed by atoms with Crippen LogP contribution in [0.25, 0.3) is 0 Å². The first-order valence-corrected chi connectivity index (χ1v) is 8.66. The minimum atomic E-state index is -1.00. The number of nitrogens with zero attached hydrogens (tertiary/aromatic N) is 1. The monoisotopic (exact) mass is 367 g/mol. The summed E-state index contributed by atoms with van der Waals surface area (Å²) in [7, 11) is -0.623. The normalized spacial score (nSPS) is 21.4. The van der Waals surface area contributed by atoms with Crippen molar-refractivity contribution in [1.82, 2.24) is 4.90 Å². The summed E-state index contributed by atoms with van der Waals surface area (Å²) in [5.74, 6) is 0.676. The molecule has 1 N–H and O–H groups in total. The van der Waals surface area contributed by atoms with Crippen LogP contribution in [0.4, 0.5) is 4.79 Å². The average Bonchev–Trinajstić information content (AvgIpc) is 2.75. The number of amides is 1. The molecular formula is C17H23BClNO5. The molecule has 0 saturated carbocycles. The van der Waals surface area contributed by atoms with Crippen molar-refractivity contribution in [2.24, 2.45) is 0 Å². The van der Waals surface area contributed by atoms with Crippen LogP contribution in [0.3, 0.4) is 0 Å². The van der Waals surface area contributed by atoms with Gasteiger partial charge >= 0.3 is 13.2 Å². The Hall–Kier alpha value is -1.44. The highest BCUT2D eigenvalue weighted by atomic mass is 35.5. The summed E-state index contributed by atoms with van der Waals surface area (Å²) in [5, 5.41) is 10.1. The summed E-state index contributed by atoms with van der Waals surface area (Å²) in [6.45, 7) is 9.95. The van der Waals surface area contributed by atoms with Gasteiger partial charge in [-0.15, -0.1) is 0 Å². The number of carboxylic acid groups (broad SMARTS) is 1. The van der Waals surface area contributed by atoms with Crippen LogP contribution in [0, 0.1) is 0 Å². The minimum Gasteiger partial charge on any atom is -0.491 e. The van der Waals surface area contributed by atoms with Gasteiger partial charge in [-0.2, -0.15) is 0 Å². The highest BCUT2D eigenvalue weighted by Gasteiger charge is 2.47. The van der Waals surface area contributed by atoms with E-state index in [2.05, 4.69) is 0 Å². The molecule has 1 amide bonds. The molecule has 1 aromatic carbocycles. The highest BCUT2D eigenvalue weighted by molar-refractivity contribution is 6.65. The van der Waals surface area contributed by atoms with Crippen molar-refractivity contribution in [3.05, 3.63) is 22.7 Å². The van der Waals surface area contributed by atoms with E-state index >= 15 is 0 Å². The van der Waals surface area contributed by atoms with Crippen LogP contribution in [-0.4, -0.2) is 47.5 Å². The van der Waals surface area contributed by atoms with Gasteiger partial charge in [0.25, 0.3) is 0 Å². The number of rotatable bonds is 2. The number of ether oxygens (including phenoxy) is 1. The van der Waals surface area contributed by atoms with Crippen LogP contribution in [0.2, 0.25) is 5.02 Å². The molecule has 6 nitrogen and oxygen atoms in total. The summed E-state index contributed by atoms with van der Waals surface area (Å²) >= 11 is 6.43. The van der Waals surface area contributed by atoms with E-state index in [0.29, 0.717) is 17.4 Å². The van der Waals surface area contributed by atoms with Crippen molar-refractivity contribution in [2.75, 3.05) is 13.2 Å². The van der Waals surface area contributed by atoms with E-state index < -0.39 is 30.5 Å². The Morgan fingerprint density at radius 1 is 1.44 bits per heavy atom. The van der Waals surface area contributed by atoms with Crippen LogP contribution in [0.1, 0.15) is 46.3 Å². The van der Waals surface area contributed by atoms with Gasteiger partial charge in [-0.1, -0.05) is 11.6 Å². The number of hydrogen-bond acceptors (Lipinski definition) is 4. The summed E-state index contributed by atoms with van der Waals surface area (Å²) in [4.78, 5) is 13.1. The molecule has 3 rings (SSSR count). The Labute approximate surface area is 153 Å². The summed E-state index contributed by atoms with van der Waals surface area (Å²) in [6.07, 6.45) is -1.52. The maximum Gasteiger partial charge on any atom is 0.499 e. The predicted molar refractivity (Wildman–Crippen MR) is 95.8 cm³/mol. The lowest BCUT2D eigenvalue weighted by atomic mass is 9.77. The van der Waals surface area contributed by atoms with Gasteiger partial charge in [-0.05, 0) is 46.8 Å². The zero-order valence-electron chi connectivity index (χ0n) is 15.1. The van der Waals surface area contributed by atoms with Gasteiger partial charge < -0.3 is 24.1 Å². The molecule has 1 aromatic rings. The third-order valence-electron chi connectivity index (χ3n) is 4.43. The predicted octanol–water partition coefficient (Wildman–Crippen LogP) is 3.07. The van der Waals surface area contributed by atoms with Crippen molar-refractivity contribution >= 4 is 30.3 Å². The number of carbonyl (C=O) groups is 1. The van der Waals surface area contributed by atoms with Crippen molar-refractivity contribution in [3.8, 4) is 5.75 Å². The first kappa shape index (κ1) is 18.4. The molecule has 0 aromatic heterocycles. The van der Waals surface area contributed by atoms with Crippen molar-refractivity contribution in [2.45, 2.75) is 51.9 Å². The molecule has 0 unspecified atom stereocenters. The fraction of sp³-hybridized carbons (Fsp3) is 0.588. The topological polar surface area (TPSA) is 68.2 Å². The second-order valence-electron chi connectivity index (χ2n) is 8.06. The number of benzene rings is 1. The maximum absolute atomic E-state index is 11.7. The molecule has 0 bridgehead atoms. The van der Waals surface area contributed by atoms with Gasteiger partial charge in [0.1, 0.15) is 12.4 Å². The standard InChI is InChI=1S/C17H23BClNO5/c1-16(2,3)20(15(21)22)8-12-13-10(19)6-7-11-14(13)18(24-12)25-17(4,5)9-23-11/h6-7,12H,8-9H2,1-5H3,(H,21,22)/t12-/m1/s1. The molecular weight excluding hydrogens is 344 g/mol. The van der Waals surface area contributed by atoms with Crippen molar-refractivity contribution in [3.63, 3.8) is 0 Å². The Morgan fingerprint density at radius 2 is 2.12 bits per heavy atom. The summed E-state index contributed by atoms with van der Waals surface area (Å²) < 4.78 is 18.0. The van der Waals surface area contributed by atoms with Gasteiger partial charge in [0, 0.05) is 21.6 Å². The van der Waals surface area contributed by atoms with E-state index in [1.807, 2.05) is 40.7 Å². The van der Waals surface area contributed by atoms with E-state index in [9.17, 15) is 9.90 Å². The van der Waals surface area contributed by atoms with E-state index in [-0.39, 0.29) is 6.54 Å². The van der Waals surface area contributed by atoms with Gasteiger partial charge in [-0.25, -0.2) is 4.79 Å². The molecule has 0 spiro atoms. The largest absolute Gasteiger partial charge is 0.499 e. The SMILES string of the molecule is CC1(C)COc2ccc(Cl)c3c2B(O[C@@H]3CN(C(=O)O)C(C)(C)C)O1. The smallest absolute Gasteiger partial charge is 0.491 e. The molecule has 136 valence electrons. The first-order chi connectivity index (χ1) is 11.5. The van der Waals surface area contributed by atoms with Crippen LogP contribution in [0.5, 0.6) is 5.75 Å². The van der Waals surface area contributed by atoms with E-state index in [1.54, 1.807) is 6.07 Å². The molecule has 2 heterocycles. The fourth-order valence-electron chi connectivity index (χ4n) is 3.17. The molecule has 2 aliphatic heterocycles. The zero-order chi connectivity index (χ0) is 18.6. The van der Waals surface area contributed by atoms with Crippen LogP contribution in [0.15, 0.2) is 12.1 Å². The average molecular weight is 368 g/mol. The lowest BCUT2D eigenvalue weighted by molar-refractivity contribution is 0.0158. The molecule has 2 aliphatic rings. The molecule has 1 atom stereocenters. The number of hydrogen-bond donors (Lipinski definition) is 1. The van der Waals surface area contributed by atoms with Crippen LogP contribution >= 0.6 is 11.6 Å².